The van der Waals surface area contributed by atoms with Gasteiger partial charge in [0.05, 0.1) is 0 Å². The van der Waals surface area contributed by atoms with Crippen molar-refractivity contribution in [2.45, 2.75) is 72.2 Å². The number of guanidine groups is 1. The molecule has 0 saturated carbocycles. The summed E-state index contributed by atoms with van der Waals surface area (Å²) in [6.07, 6.45) is -0.786. The molecule has 3 N–H and O–H groups in total. The van der Waals surface area contributed by atoms with E-state index in [0.29, 0.717) is 25.9 Å². The molecule has 184 valence electrons. The number of hydrogen-bond donors (Lipinski definition) is 3. The lowest BCUT2D eigenvalue weighted by Crippen LogP contribution is -2.47. The van der Waals surface area contributed by atoms with E-state index in [2.05, 4.69) is 20.9 Å². The predicted octanol–water partition coefficient (Wildman–Crippen LogP) is 4.10. The molecule has 0 aromatic heterocycles. The monoisotopic (exact) mass is 464 g/mol. The van der Waals surface area contributed by atoms with Gasteiger partial charge in [-0.2, -0.15) is 0 Å². The lowest BCUT2D eigenvalue weighted by molar-refractivity contribution is 0.0544. The van der Waals surface area contributed by atoms with Crippen molar-refractivity contribution in [3.63, 3.8) is 0 Å². The predicted molar refractivity (Wildman–Crippen MR) is 125 cm³/mol. The second kappa shape index (κ2) is 13.3. The van der Waals surface area contributed by atoms with Gasteiger partial charge in [0.15, 0.2) is 0 Å². The summed E-state index contributed by atoms with van der Waals surface area (Å²) in [6.45, 7) is 11.2. The molecule has 0 unspecified atom stereocenters. The zero-order valence-electron chi connectivity index (χ0n) is 20.3. The normalized spacial score (nSPS) is 11.1. The highest BCUT2D eigenvalue weighted by Gasteiger charge is 2.21. The molecule has 0 spiro atoms. The van der Waals surface area contributed by atoms with Crippen LogP contribution in [0.3, 0.4) is 0 Å². The number of benzene rings is 1. The van der Waals surface area contributed by atoms with Crippen LogP contribution in [-0.4, -0.2) is 48.5 Å². The molecule has 1 aromatic rings. The number of carbonyl (C=O) groups is 3. The fourth-order valence-electron chi connectivity index (χ4n) is 2.30. The highest BCUT2D eigenvalue weighted by molar-refractivity contribution is 6.01. The van der Waals surface area contributed by atoms with Crippen LogP contribution >= 0.6 is 0 Å². The number of alkyl carbamates (subject to hydrolysis) is 3. The van der Waals surface area contributed by atoms with Crippen LogP contribution in [0.5, 0.6) is 0 Å². The van der Waals surface area contributed by atoms with Crippen LogP contribution in [0.1, 0.15) is 59.9 Å². The highest BCUT2D eigenvalue weighted by Crippen LogP contribution is 2.08. The minimum absolute atomic E-state index is 0.0752. The first-order valence-corrected chi connectivity index (χ1v) is 10.8. The van der Waals surface area contributed by atoms with E-state index in [-0.39, 0.29) is 12.6 Å². The van der Waals surface area contributed by atoms with Crippen LogP contribution in [0.4, 0.5) is 14.4 Å². The van der Waals surface area contributed by atoms with E-state index in [1.807, 2.05) is 30.3 Å². The Morgan fingerprint density at radius 2 is 1.36 bits per heavy atom. The van der Waals surface area contributed by atoms with Crippen molar-refractivity contribution in [3.8, 4) is 0 Å². The van der Waals surface area contributed by atoms with Crippen molar-refractivity contribution in [3.05, 3.63) is 35.9 Å². The maximum absolute atomic E-state index is 12.0. The molecule has 0 bridgehead atoms. The topological polar surface area (TPSA) is 127 Å². The van der Waals surface area contributed by atoms with Crippen LogP contribution in [-0.2, 0) is 20.8 Å². The lowest BCUT2D eigenvalue weighted by atomic mass is 10.2. The van der Waals surface area contributed by atoms with E-state index in [1.165, 1.54) is 0 Å². The van der Waals surface area contributed by atoms with E-state index in [1.54, 1.807) is 41.5 Å². The first-order valence-electron chi connectivity index (χ1n) is 10.8. The van der Waals surface area contributed by atoms with Crippen molar-refractivity contribution in [1.82, 2.24) is 16.0 Å². The molecule has 0 heterocycles. The van der Waals surface area contributed by atoms with Crippen molar-refractivity contribution < 1.29 is 28.6 Å². The molecule has 10 nitrogen and oxygen atoms in total. The first-order chi connectivity index (χ1) is 15.3. The smallest absolute Gasteiger partial charge is 0.414 e. The molecule has 0 aliphatic heterocycles. The van der Waals surface area contributed by atoms with Crippen molar-refractivity contribution in [2.24, 2.45) is 4.99 Å². The maximum Gasteiger partial charge on any atom is 0.414 e. The van der Waals surface area contributed by atoms with Gasteiger partial charge in [0.1, 0.15) is 17.8 Å². The third-order valence-electron chi connectivity index (χ3n) is 3.58. The molecule has 0 atom stereocenters. The van der Waals surface area contributed by atoms with Gasteiger partial charge in [-0.15, -0.1) is 0 Å². The molecular weight excluding hydrogens is 428 g/mol. The Bertz CT molecular complexity index is 765. The number of carbonyl (C=O) groups excluding carboxylic acids is 3. The average Bonchev–Trinajstić information content (AvgIpc) is 2.66. The summed E-state index contributed by atoms with van der Waals surface area (Å²) in [4.78, 5) is 40.0. The van der Waals surface area contributed by atoms with E-state index in [0.717, 1.165) is 5.56 Å². The number of ether oxygens (including phenoxy) is 3. The number of unbranched alkanes of at least 4 members (excludes halogenated alkanes) is 1. The number of nitrogens with zero attached hydrogens (tertiary/aromatic N) is 1. The molecule has 0 saturated heterocycles. The minimum atomic E-state index is -0.750. The number of rotatable bonds is 7. The standard InChI is InChI=1S/C23H36N4O6/c1-22(2,3)32-20(29)26-18(27-21(30)33-23(4,5)6)24-14-10-11-15-25-19(28)31-16-17-12-8-7-9-13-17/h7-9,12-13H,10-11,14-16H2,1-6H3,(H,25,28)(H2,24,26,27,29,30). The second-order valence-corrected chi connectivity index (χ2v) is 9.18. The molecule has 0 radical (unpaired) electrons. The fraction of sp³-hybridized carbons (Fsp3) is 0.565. The Labute approximate surface area is 195 Å². The molecule has 0 aliphatic rings. The Balaban J connectivity index is 2.44. The molecular formula is C23H36N4O6. The quantitative estimate of drug-likeness (QED) is 0.241. The van der Waals surface area contributed by atoms with Gasteiger partial charge in [0.25, 0.3) is 0 Å². The maximum atomic E-state index is 12.0. The van der Waals surface area contributed by atoms with Gasteiger partial charge in [0.2, 0.25) is 5.96 Å². The first kappa shape index (κ1) is 27.7. The molecule has 0 aliphatic carbocycles. The summed E-state index contributed by atoms with van der Waals surface area (Å²) in [5.41, 5.74) is -0.506. The van der Waals surface area contributed by atoms with Crippen molar-refractivity contribution in [1.29, 1.82) is 0 Å². The summed E-state index contributed by atoms with van der Waals surface area (Å²) in [7, 11) is 0. The Kier molecular flexibility index (Phi) is 11.2. The lowest BCUT2D eigenvalue weighted by Gasteiger charge is -2.22. The zero-order valence-corrected chi connectivity index (χ0v) is 20.3. The summed E-state index contributed by atoms with van der Waals surface area (Å²) >= 11 is 0. The van der Waals surface area contributed by atoms with Crippen molar-refractivity contribution >= 4 is 24.2 Å². The molecule has 0 fully saturated rings. The van der Waals surface area contributed by atoms with Crippen LogP contribution in [0, 0.1) is 0 Å². The van der Waals surface area contributed by atoms with E-state index in [4.69, 9.17) is 14.2 Å². The van der Waals surface area contributed by atoms with E-state index < -0.39 is 29.5 Å². The Morgan fingerprint density at radius 1 is 0.818 bits per heavy atom. The largest absolute Gasteiger partial charge is 0.445 e. The molecule has 3 amide bonds. The van der Waals surface area contributed by atoms with Crippen LogP contribution in [0.2, 0.25) is 0 Å². The van der Waals surface area contributed by atoms with Gasteiger partial charge >= 0.3 is 18.3 Å². The van der Waals surface area contributed by atoms with Crippen LogP contribution < -0.4 is 16.0 Å². The van der Waals surface area contributed by atoms with E-state index >= 15 is 0 Å². The van der Waals surface area contributed by atoms with Crippen LogP contribution in [0.15, 0.2) is 35.3 Å². The SMILES string of the molecule is CC(C)(C)OC(=O)NC(=NCCCCNC(=O)OCc1ccccc1)NC(=O)OC(C)(C)C. The Morgan fingerprint density at radius 3 is 1.88 bits per heavy atom. The van der Waals surface area contributed by atoms with Gasteiger partial charge in [-0.1, -0.05) is 30.3 Å². The number of hydrogen-bond acceptors (Lipinski definition) is 7. The van der Waals surface area contributed by atoms with Crippen molar-refractivity contribution in [2.75, 3.05) is 13.1 Å². The van der Waals surface area contributed by atoms with Gasteiger partial charge in [-0.3, -0.25) is 15.6 Å². The summed E-state index contributed by atoms with van der Waals surface area (Å²) in [5.74, 6) is -0.0752. The average molecular weight is 465 g/mol. The fourth-order valence-corrected chi connectivity index (χ4v) is 2.30. The van der Waals surface area contributed by atoms with Gasteiger partial charge < -0.3 is 19.5 Å². The van der Waals surface area contributed by atoms with Gasteiger partial charge in [0, 0.05) is 13.1 Å². The molecule has 33 heavy (non-hydrogen) atoms. The number of nitrogens with one attached hydrogen (secondary N) is 3. The molecule has 1 rings (SSSR count). The van der Waals surface area contributed by atoms with E-state index in [9.17, 15) is 14.4 Å². The zero-order chi connectivity index (χ0) is 24.9. The van der Waals surface area contributed by atoms with Gasteiger partial charge in [-0.05, 0) is 59.9 Å². The third-order valence-corrected chi connectivity index (χ3v) is 3.58. The van der Waals surface area contributed by atoms with Gasteiger partial charge in [-0.25, -0.2) is 14.4 Å². The molecule has 1 aromatic carbocycles. The Hall–Kier alpha value is -3.30. The number of aliphatic imine (C=N–C) groups is 1. The third kappa shape index (κ3) is 15.2. The second-order valence-electron chi connectivity index (χ2n) is 9.18. The summed E-state index contributed by atoms with van der Waals surface area (Å²) < 4.78 is 15.5. The minimum Gasteiger partial charge on any atom is -0.445 e. The molecule has 10 heteroatoms. The van der Waals surface area contributed by atoms with Crippen LogP contribution in [0.25, 0.3) is 0 Å². The number of amides is 3. The summed E-state index contributed by atoms with van der Waals surface area (Å²) in [5, 5.41) is 7.51. The summed E-state index contributed by atoms with van der Waals surface area (Å²) in [6, 6.07) is 9.39. The highest BCUT2D eigenvalue weighted by atomic mass is 16.6.